The van der Waals surface area contributed by atoms with E-state index in [0.29, 0.717) is 5.25 Å². The summed E-state index contributed by atoms with van der Waals surface area (Å²) in [6.07, 6.45) is 5.69. The van der Waals surface area contributed by atoms with Gasteiger partial charge in [0.15, 0.2) is 0 Å². The van der Waals surface area contributed by atoms with E-state index in [0.717, 1.165) is 25.9 Å². The fraction of sp³-hybridized carbons (Fsp3) is 0.625. The molecule has 0 spiro atoms. The van der Waals surface area contributed by atoms with E-state index in [1.54, 1.807) is 0 Å². The molecule has 1 aliphatic carbocycles. The highest BCUT2D eigenvalue weighted by Crippen LogP contribution is 2.33. The molecular weight excluding hydrogens is 254 g/mol. The molecule has 1 saturated carbocycles. The molecule has 1 aromatic carbocycles. The molecule has 0 saturated heterocycles. The van der Waals surface area contributed by atoms with Crippen molar-refractivity contribution in [2.45, 2.75) is 61.8 Å². The highest BCUT2D eigenvalue weighted by molar-refractivity contribution is 8.00. The van der Waals surface area contributed by atoms with Gasteiger partial charge in [-0.1, -0.05) is 38.3 Å². The largest absolute Gasteiger partial charge is 0.392 e. The molecule has 2 N–H and O–H groups in total. The molecule has 106 valence electrons. The molecule has 2 nitrogen and oxygen atoms in total. The van der Waals surface area contributed by atoms with Gasteiger partial charge in [-0.25, -0.2) is 0 Å². The molecule has 1 fully saturated rings. The Morgan fingerprint density at radius 3 is 2.63 bits per heavy atom. The lowest BCUT2D eigenvalue weighted by Crippen LogP contribution is -2.21. The quantitative estimate of drug-likeness (QED) is 0.808. The summed E-state index contributed by atoms with van der Waals surface area (Å²) in [5.74, 6) is 0. The summed E-state index contributed by atoms with van der Waals surface area (Å²) >= 11 is 1.85. The van der Waals surface area contributed by atoms with Crippen LogP contribution in [-0.4, -0.2) is 23.0 Å². The first-order chi connectivity index (χ1) is 9.29. The number of benzene rings is 1. The molecule has 2 rings (SSSR count). The number of aliphatic hydroxyl groups excluding tert-OH is 1. The first kappa shape index (κ1) is 14.9. The van der Waals surface area contributed by atoms with Crippen molar-refractivity contribution < 1.29 is 5.11 Å². The molecule has 0 aromatic heterocycles. The standard InChI is InChI=1S/C16H25NOS/c1-2-17-12-13-8-10-14(11-9-13)19-16-7-5-3-4-6-15(16)18/h8-11,15-18H,2-7,12H2,1H3. The summed E-state index contributed by atoms with van der Waals surface area (Å²) in [5.41, 5.74) is 1.33. The number of rotatable bonds is 5. The molecule has 0 aliphatic heterocycles. The Morgan fingerprint density at radius 1 is 1.16 bits per heavy atom. The van der Waals surface area contributed by atoms with Crippen LogP contribution in [-0.2, 0) is 6.54 Å². The third kappa shape index (κ3) is 4.83. The summed E-state index contributed by atoms with van der Waals surface area (Å²) in [7, 11) is 0. The van der Waals surface area contributed by atoms with Crippen molar-refractivity contribution in [2.24, 2.45) is 0 Å². The minimum atomic E-state index is -0.131. The smallest absolute Gasteiger partial charge is 0.0662 e. The van der Waals surface area contributed by atoms with Gasteiger partial charge in [-0.2, -0.15) is 0 Å². The minimum Gasteiger partial charge on any atom is -0.392 e. The maximum absolute atomic E-state index is 10.2. The van der Waals surface area contributed by atoms with Crippen LogP contribution >= 0.6 is 11.8 Å². The van der Waals surface area contributed by atoms with Crippen LogP contribution in [0.3, 0.4) is 0 Å². The lowest BCUT2D eigenvalue weighted by molar-refractivity contribution is 0.163. The monoisotopic (exact) mass is 279 g/mol. The Morgan fingerprint density at radius 2 is 1.89 bits per heavy atom. The summed E-state index contributed by atoms with van der Waals surface area (Å²) in [6, 6.07) is 8.76. The summed E-state index contributed by atoms with van der Waals surface area (Å²) in [6.45, 7) is 4.07. The van der Waals surface area contributed by atoms with Gasteiger partial charge in [0.1, 0.15) is 0 Å². The number of nitrogens with one attached hydrogen (secondary N) is 1. The molecule has 1 aliphatic rings. The lowest BCUT2D eigenvalue weighted by atomic mass is 10.1. The van der Waals surface area contributed by atoms with Gasteiger partial charge in [-0.15, -0.1) is 11.8 Å². The molecule has 2 atom stereocenters. The van der Waals surface area contributed by atoms with Gasteiger partial charge >= 0.3 is 0 Å². The third-order valence-electron chi connectivity index (χ3n) is 3.71. The molecule has 0 amide bonds. The van der Waals surface area contributed by atoms with E-state index in [-0.39, 0.29) is 6.10 Å². The van der Waals surface area contributed by atoms with E-state index in [1.807, 2.05) is 11.8 Å². The Labute approximate surface area is 121 Å². The Bertz CT molecular complexity index is 366. The number of thioether (sulfide) groups is 1. The van der Waals surface area contributed by atoms with Gasteiger partial charge in [-0.05, 0) is 37.1 Å². The zero-order valence-electron chi connectivity index (χ0n) is 11.8. The Kier molecular flexibility index (Phi) is 6.21. The van der Waals surface area contributed by atoms with Crippen LogP contribution in [0.4, 0.5) is 0 Å². The van der Waals surface area contributed by atoms with Crippen LogP contribution in [0.25, 0.3) is 0 Å². The van der Waals surface area contributed by atoms with Crippen molar-refractivity contribution in [2.75, 3.05) is 6.54 Å². The predicted molar refractivity (Wildman–Crippen MR) is 82.6 cm³/mol. The second kappa shape index (κ2) is 7.93. The van der Waals surface area contributed by atoms with Crippen LogP contribution in [0.1, 0.15) is 44.6 Å². The summed E-state index contributed by atoms with van der Waals surface area (Å²) in [5, 5.41) is 13.9. The van der Waals surface area contributed by atoms with Crippen LogP contribution in [0.5, 0.6) is 0 Å². The van der Waals surface area contributed by atoms with Crippen molar-refractivity contribution in [1.82, 2.24) is 5.32 Å². The van der Waals surface area contributed by atoms with E-state index in [4.69, 9.17) is 0 Å². The SMILES string of the molecule is CCNCc1ccc(SC2CCCCCC2O)cc1. The van der Waals surface area contributed by atoms with Crippen molar-refractivity contribution in [3.63, 3.8) is 0 Å². The van der Waals surface area contributed by atoms with Crippen molar-refractivity contribution in [1.29, 1.82) is 0 Å². The van der Waals surface area contributed by atoms with Crippen molar-refractivity contribution in [3.05, 3.63) is 29.8 Å². The second-order valence-electron chi connectivity index (χ2n) is 5.29. The average molecular weight is 279 g/mol. The molecular formula is C16H25NOS. The highest BCUT2D eigenvalue weighted by Gasteiger charge is 2.22. The second-order valence-corrected chi connectivity index (χ2v) is 6.60. The van der Waals surface area contributed by atoms with E-state index in [1.165, 1.54) is 29.7 Å². The van der Waals surface area contributed by atoms with E-state index >= 15 is 0 Å². The zero-order chi connectivity index (χ0) is 13.5. The number of hydrogen-bond acceptors (Lipinski definition) is 3. The van der Waals surface area contributed by atoms with Crippen LogP contribution in [0.15, 0.2) is 29.2 Å². The van der Waals surface area contributed by atoms with E-state index < -0.39 is 0 Å². The van der Waals surface area contributed by atoms with Gasteiger partial charge < -0.3 is 10.4 Å². The highest BCUT2D eigenvalue weighted by atomic mass is 32.2. The molecule has 1 aromatic rings. The molecule has 19 heavy (non-hydrogen) atoms. The maximum Gasteiger partial charge on any atom is 0.0662 e. The molecule has 0 bridgehead atoms. The fourth-order valence-electron chi connectivity index (χ4n) is 2.52. The zero-order valence-corrected chi connectivity index (χ0v) is 12.6. The van der Waals surface area contributed by atoms with Crippen molar-refractivity contribution in [3.8, 4) is 0 Å². The Balaban J connectivity index is 1.90. The van der Waals surface area contributed by atoms with Gasteiger partial charge in [0.2, 0.25) is 0 Å². The van der Waals surface area contributed by atoms with Crippen molar-refractivity contribution >= 4 is 11.8 Å². The molecule has 2 unspecified atom stereocenters. The predicted octanol–water partition coefficient (Wildman–Crippen LogP) is 3.58. The topological polar surface area (TPSA) is 32.3 Å². The van der Waals surface area contributed by atoms with Gasteiger partial charge in [0.25, 0.3) is 0 Å². The summed E-state index contributed by atoms with van der Waals surface area (Å²) < 4.78 is 0. The lowest BCUT2D eigenvalue weighted by Gasteiger charge is -2.19. The third-order valence-corrected chi connectivity index (χ3v) is 5.10. The molecule has 0 radical (unpaired) electrons. The van der Waals surface area contributed by atoms with Gasteiger partial charge in [-0.3, -0.25) is 0 Å². The number of aliphatic hydroxyl groups is 1. The molecule has 3 heteroatoms. The van der Waals surface area contributed by atoms with E-state index in [9.17, 15) is 5.11 Å². The first-order valence-corrected chi connectivity index (χ1v) is 8.32. The van der Waals surface area contributed by atoms with E-state index in [2.05, 4.69) is 36.5 Å². The average Bonchev–Trinajstić information content (AvgIpc) is 2.63. The fourth-order valence-corrected chi connectivity index (χ4v) is 3.74. The van der Waals surface area contributed by atoms with Crippen LogP contribution in [0.2, 0.25) is 0 Å². The van der Waals surface area contributed by atoms with Gasteiger partial charge in [0, 0.05) is 16.7 Å². The van der Waals surface area contributed by atoms with Gasteiger partial charge in [0.05, 0.1) is 6.10 Å². The van der Waals surface area contributed by atoms with Crippen LogP contribution < -0.4 is 5.32 Å². The Hall–Kier alpha value is -0.510. The van der Waals surface area contributed by atoms with Crippen LogP contribution in [0, 0.1) is 0 Å². The number of hydrogen-bond donors (Lipinski definition) is 2. The summed E-state index contributed by atoms with van der Waals surface area (Å²) in [4.78, 5) is 1.28. The molecule has 0 heterocycles. The minimum absolute atomic E-state index is 0.131. The first-order valence-electron chi connectivity index (χ1n) is 7.44. The normalized spacial score (nSPS) is 24.1. The maximum atomic E-state index is 10.2.